The van der Waals surface area contributed by atoms with Gasteiger partial charge in [-0.25, -0.2) is 0 Å². The van der Waals surface area contributed by atoms with Crippen LogP contribution in [0.4, 0.5) is 0 Å². The first-order valence-corrected chi connectivity index (χ1v) is 12.3. The van der Waals surface area contributed by atoms with Gasteiger partial charge in [-0.3, -0.25) is 0 Å². The van der Waals surface area contributed by atoms with E-state index in [4.69, 9.17) is 0 Å². The van der Waals surface area contributed by atoms with Gasteiger partial charge in [0, 0.05) is 38.7 Å². The average molecular weight is 417 g/mol. The third-order valence-corrected chi connectivity index (χ3v) is 10.4. The van der Waals surface area contributed by atoms with Gasteiger partial charge >= 0.3 is 0 Å². The predicted molar refractivity (Wildman–Crippen MR) is 124 cm³/mol. The summed E-state index contributed by atoms with van der Waals surface area (Å²) in [6.07, 6.45) is 0. The molecule has 0 aliphatic carbocycles. The summed E-state index contributed by atoms with van der Waals surface area (Å²) in [5.41, 5.74) is 2.84. The molecule has 0 amide bonds. The van der Waals surface area contributed by atoms with Gasteiger partial charge in [-0.05, 0) is 61.1 Å². The van der Waals surface area contributed by atoms with Crippen molar-refractivity contribution >= 4 is 54.7 Å². The molecule has 0 aliphatic heterocycles. The van der Waals surface area contributed by atoms with Crippen LogP contribution in [0.3, 0.4) is 0 Å². The zero-order valence-electron chi connectivity index (χ0n) is 16.1. The van der Waals surface area contributed by atoms with E-state index in [1.807, 2.05) is 45.3 Å². The maximum Gasteiger partial charge on any atom is 0.0475 e. The van der Waals surface area contributed by atoms with E-state index in [0.717, 1.165) is 0 Å². The second-order valence-corrected chi connectivity index (χ2v) is 11.9. The molecule has 0 bridgehead atoms. The van der Waals surface area contributed by atoms with Crippen LogP contribution in [0.2, 0.25) is 0 Å². The van der Waals surface area contributed by atoms with Gasteiger partial charge in [0.1, 0.15) is 0 Å². The Balaban J connectivity index is 1.72. The highest BCUT2D eigenvalue weighted by Crippen LogP contribution is 2.47. The molecule has 0 radical (unpaired) electrons. The van der Waals surface area contributed by atoms with Gasteiger partial charge < -0.3 is 0 Å². The molecule has 4 rings (SSSR count). The number of hydrogen-bond donors (Lipinski definition) is 0. The van der Waals surface area contributed by atoms with Gasteiger partial charge in [0.15, 0.2) is 0 Å². The van der Waals surface area contributed by atoms with Crippen molar-refractivity contribution in [3.05, 3.63) is 45.1 Å². The van der Waals surface area contributed by atoms with Crippen molar-refractivity contribution < 1.29 is 0 Å². The molecule has 0 fully saturated rings. The first-order valence-electron chi connectivity index (χ1n) is 9.08. The highest BCUT2D eigenvalue weighted by molar-refractivity contribution is 7.33. The fourth-order valence-corrected chi connectivity index (χ4v) is 8.21. The largest absolute Gasteiger partial charge is 0.139 e. The average Bonchev–Trinajstić information content (AvgIpc) is 3.27. The molecular formula is C22H24S4. The molecule has 4 aromatic heterocycles. The molecule has 136 valence electrons. The monoisotopic (exact) mass is 416 g/mol. The number of rotatable bonds is 4. The van der Waals surface area contributed by atoms with Gasteiger partial charge in [0.05, 0.1) is 0 Å². The molecule has 0 atom stereocenters. The highest BCUT2D eigenvalue weighted by atomic mass is 32.1. The van der Waals surface area contributed by atoms with Crippen molar-refractivity contribution in [1.82, 2.24) is 0 Å². The fourth-order valence-electron chi connectivity index (χ4n) is 3.13. The lowest BCUT2D eigenvalue weighted by molar-refractivity contribution is 0.889. The van der Waals surface area contributed by atoms with Gasteiger partial charge in [0.25, 0.3) is 0 Å². The molecule has 0 unspecified atom stereocenters. The summed E-state index contributed by atoms with van der Waals surface area (Å²) < 4.78 is 2.86. The quantitative estimate of drug-likeness (QED) is 0.311. The van der Waals surface area contributed by atoms with Crippen LogP contribution in [0.15, 0.2) is 24.3 Å². The lowest BCUT2D eigenvalue weighted by Gasteiger charge is -1.98. The Morgan fingerprint density at radius 3 is 1.27 bits per heavy atom. The third kappa shape index (κ3) is 3.22. The molecule has 0 spiro atoms. The Morgan fingerprint density at radius 1 is 0.577 bits per heavy atom. The SMILES string of the molecule is Cc1cc(C(C)C)sc1-c1cc2sc(-c3sc(C(C)C)cc3C)cc2s1. The van der Waals surface area contributed by atoms with E-state index in [-0.39, 0.29) is 0 Å². The van der Waals surface area contributed by atoms with E-state index in [1.165, 1.54) is 49.8 Å². The van der Waals surface area contributed by atoms with E-state index >= 15 is 0 Å². The van der Waals surface area contributed by atoms with Gasteiger partial charge in [-0.1, -0.05) is 27.7 Å². The van der Waals surface area contributed by atoms with Crippen molar-refractivity contribution in [3.63, 3.8) is 0 Å². The number of aryl methyl sites for hydroxylation is 2. The zero-order valence-corrected chi connectivity index (χ0v) is 19.4. The Hall–Kier alpha value is -0.940. The minimum Gasteiger partial charge on any atom is -0.139 e. The fraction of sp³-hybridized carbons (Fsp3) is 0.364. The lowest BCUT2D eigenvalue weighted by Crippen LogP contribution is -1.77. The van der Waals surface area contributed by atoms with E-state index in [9.17, 15) is 0 Å². The van der Waals surface area contributed by atoms with Crippen LogP contribution in [0, 0.1) is 13.8 Å². The summed E-state index contributed by atoms with van der Waals surface area (Å²) in [6, 6.07) is 9.55. The van der Waals surface area contributed by atoms with Crippen molar-refractivity contribution in [2.45, 2.75) is 53.4 Å². The smallest absolute Gasteiger partial charge is 0.0475 e. The summed E-state index contributed by atoms with van der Waals surface area (Å²) >= 11 is 7.83. The number of hydrogen-bond acceptors (Lipinski definition) is 4. The van der Waals surface area contributed by atoms with Crippen LogP contribution in [0.5, 0.6) is 0 Å². The van der Waals surface area contributed by atoms with Crippen molar-refractivity contribution in [2.24, 2.45) is 0 Å². The Morgan fingerprint density at radius 2 is 0.962 bits per heavy atom. The molecule has 0 saturated heterocycles. The van der Waals surface area contributed by atoms with Gasteiger partial charge in [-0.15, -0.1) is 45.3 Å². The first kappa shape index (κ1) is 18.4. The lowest BCUT2D eigenvalue weighted by atomic mass is 10.1. The molecule has 4 aromatic rings. The summed E-state index contributed by atoms with van der Waals surface area (Å²) in [6.45, 7) is 13.6. The van der Waals surface area contributed by atoms with Crippen LogP contribution < -0.4 is 0 Å². The maximum atomic E-state index is 2.41. The molecule has 0 saturated carbocycles. The van der Waals surface area contributed by atoms with E-state index in [0.29, 0.717) is 11.8 Å². The van der Waals surface area contributed by atoms with Crippen molar-refractivity contribution in [2.75, 3.05) is 0 Å². The van der Waals surface area contributed by atoms with Crippen molar-refractivity contribution in [1.29, 1.82) is 0 Å². The predicted octanol–water partition coefficient (Wildman–Crippen LogP) is 9.28. The first-order chi connectivity index (χ1) is 12.3. The number of thiophene rings is 4. The van der Waals surface area contributed by atoms with E-state index < -0.39 is 0 Å². The van der Waals surface area contributed by atoms with E-state index in [2.05, 4.69) is 65.8 Å². The molecule has 0 nitrogen and oxygen atoms in total. The van der Waals surface area contributed by atoms with Crippen LogP contribution in [-0.2, 0) is 0 Å². The number of fused-ring (bicyclic) bond motifs is 1. The summed E-state index contributed by atoms with van der Waals surface area (Å²) in [4.78, 5) is 8.75. The molecule has 4 heterocycles. The Bertz CT molecular complexity index is 952. The minimum atomic E-state index is 0.608. The standard InChI is InChI=1S/C22H24S4/c1-11(2)15-7-13(5)21(25-15)19-9-17-18(23-19)10-20(24-17)22-14(6)8-16(26-22)12(3)4/h7-12H,1-6H3. The molecular weight excluding hydrogens is 393 g/mol. The molecule has 0 aromatic carbocycles. The maximum absolute atomic E-state index is 2.41. The second-order valence-electron chi connectivity index (χ2n) is 7.58. The molecule has 26 heavy (non-hydrogen) atoms. The van der Waals surface area contributed by atoms with Gasteiger partial charge in [-0.2, -0.15) is 0 Å². The molecule has 0 aliphatic rings. The van der Waals surface area contributed by atoms with Crippen LogP contribution in [-0.4, -0.2) is 0 Å². The van der Waals surface area contributed by atoms with Gasteiger partial charge in [0.2, 0.25) is 0 Å². The highest BCUT2D eigenvalue weighted by Gasteiger charge is 2.17. The Kier molecular flexibility index (Phi) is 4.89. The Labute approximate surface area is 172 Å². The van der Waals surface area contributed by atoms with Crippen LogP contribution >= 0.6 is 45.3 Å². The van der Waals surface area contributed by atoms with Crippen LogP contribution in [0.1, 0.15) is 60.4 Å². The zero-order chi connectivity index (χ0) is 18.6. The second kappa shape index (κ2) is 6.90. The summed E-state index contributed by atoms with van der Waals surface area (Å²) in [5.74, 6) is 1.22. The topological polar surface area (TPSA) is 0 Å². The van der Waals surface area contributed by atoms with Crippen LogP contribution in [0.25, 0.3) is 28.9 Å². The third-order valence-electron chi connectivity index (χ3n) is 4.67. The summed E-state index contributed by atoms with van der Waals surface area (Å²) in [5, 5.41) is 0. The van der Waals surface area contributed by atoms with E-state index in [1.54, 1.807) is 0 Å². The van der Waals surface area contributed by atoms with Crippen molar-refractivity contribution in [3.8, 4) is 19.5 Å². The minimum absolute atomic E-state index is 0.608. The molecule has 4 heteroatoms. The molecule has 0 N–H and O–H groups in total. The summed E-state index contributed by atoms with van der Waals surface area (Å²) in [7, 11) is 0. The normalized spacial score (nSPS) is 12.2.